The molecular weight excluding hydrogens is 308 g/mol. The van der Waals surface area contributed by atoms with Crippen LogP contribution in [-0.4, -0.2) is 31.4 Å². The molecule has 0 fully saturated rings. The molecule has 4 N–H and O–H groups in total. The normalized spacial score (nSPS) is 14.3. The van der Waals surface area contributed by atoms with E-state index < -0.39 is 27.9 Å². The predicted molar refractivity (Wildman–Crippen MR) is 80.9 cm³/mol. The van der Waals surface area contributed by atoms with Gasteiger partial charge >= 0.3 is 5.97 Å². The molecular formula is C14H20N2O5S. The zero-order valence-corrected chi connectivity index (χ0v) is 13.5. The smallest absolute Gasteiger partial charge is 0.322 e. The minimum atomic E-state index is -4.07. The van der Waals surface area contributed by atoms with Gasteiger partial charge in [-0.15, -0.1) is 0 Å². The van der Waals surface area contributed by atoms with Crippen molar-refractivity contribution >= 4 is 21.9 Å². The molecule has 0 spiro atoms. The van der Waals surface area contributed by atoms with E-state index in [0.717, 1.165) is 6.07 Å². The maximum atomic E-state index is 12.3. The fraction of sp³-hybridized carbons (Fsp3) is 0.429. The molecule has 1 aromatic rings. The van der Waals surface area contributed by atoms with Gasteiger partial charge < -0.3 is 10.8 Å². The number of aliphatic carboxylic acids is 1. The first-order valence-corrected chi connectivity index (χ1v) is 8.24. The number of carboxylic acids is 1. The van der Waals surface area contributed by atoms with Crippen LogP contribution in [0.15, 0.2) is 23.1 Å². The highest BCUT2D eigenvalue weighted by Gasteiger charge is 2.29. The van der Waals surface area contributed by atoms with Gasteiger partial charge in [0.05, 0.1) is 4.90 Å². The molecule has 0 aliphatic heterocycles. The average molecular weight is 328 g/mol. The summed E-state index contributed by atoms with van der Waals surface area (Å²) in [5.41, 5.74) is 5.82. The minimum Gasteiger partial charge on any atom is -0.480 e. The summed E-state index contributed by atoms with van der Waals surface area (Å²) in [5, 5.41) is 9.17. The second kappa shape index (κ2) is 6.89. The molecule has 8 heteroatoms. The van der Waals surface area contributed by atoms with Gasteiger partial charge in [0.1, 0.15) is 6.04 Å². The second-order valence-electron chi connectivity index (χ2n) is 5.16. The number of carbonyl (C=O) groups excluding carboxylic acids is 1. The van der Waals surface area contributed by atoms with Crippen LogP contribution in [0, 0.1) is 12.8 Å². The van der Waals surface area contributed by atoms with Gasteiger partial charge in [0, 0.05) is 5.56 Å². The zero-order valence-electron chi connectivity index (χ0n) is 12.7. The molecule has 0 aromatic heterocycles. The molecule has 0 heterocycles. The van der Waals surface area contributed by atoms with Crippen molar-refractivity contribution in [2.24, 2.45) is 11.7 Å². The Morgan fingerprint density at radius 3 is 2.41 bits per heavy atom. The Hall–Kier alpha value is -1.93. The number of carbonyl (C=O) groups is 2. The fourth-order valence-electron chi connectivity index (χ4n) is 1.91. The Bertz CT molecular complexity index is 684. The number of hydrogen-bond acceptors (Lipinski definition) is 4. The first-order valence-electron chi connectivity index (χ1n) is 6.75. The summed E-state index contributed by atoms with van der Waals surface area (Å²) in [5.74, 6) is -2.38. The van der Waals surface area contributed by atoms with E-state index in [-0.39, 0.29) is 16.4 Å². The third-order valence-electron chi connectivity index (χ3n) is 3.55. The third-order valence-corrected chi connectivity index (χ3v) is 4.98. The van der Waals surface area contributed by atoms with E-state index in [9.17, 15) is 23.1 Å². The monoisotopic (exact) mass is 328 g/mol. The summed E-state index contributed by atoms with van der Waals surface area (Å²) in [6, 6.07) is 2.66. The predicted octanol–water partition coefficient (Wildman–Crippen LogP) is 0.872. The Kier molecular flexibility index (Phi) is 5.67. The summed E-state index contributed by atoms with van der Waals surface area (Å²) in [6.45, 7) is 5.04. The third kappa shape index (κ3) is 4.05. The van der Waals surface area contributed by atoms with Gasteiger partial charge in [-0.2, -0.15) is 4.72 Å². The number of rotatable bonds is 7. The maximum Gasteiger partial charge on any atom is 0.322 e. The highest BCUT2D eigenvalue weighted by atomic mass is 32.2. The molecule has 7 nitrogen and oxygen atoms in total. The number of nitrogens with two attached hydrogens (primary N) is 1. The molecule has 1 aromatic carbocycles. The molecule has 0 bridgehead atoms. The van der Waals surface area contributed by atoms with Crippen LogP contribution in [0.5, 0.6) is 0 Å². The van der Waals surface area contributed by atoms with Crippen molar-refractivity contribution in [3.8, 4) is 0 Å². The van der Waals surface area contributed by atoms with Gasteiger partial charge in [0.25, 0.3) is 0 Å². The van der Waals surface area contributed by atoms with Crippen molar-refractivity contribution in [1.82, 2.24) is 4.72 Å². The number of nitrogens with one attached hydrogen (secondary N) is 1. The quantitative estimate of drug-likeness (QED) is 0.684. The Morgan fingerprint density at radius 2 is 1.95 bits per heavy atom. The van der Waals surface area contributed by atoms with Gasteiger partial charge in [-0.25, -0.2) is 8.42 Å². The lowest BCUT2D eigenvalue weighted by Gasteiger charge is -2.20. The summed E-state index contributed by atoms with van der Waals surface area (Å²) >= 11 is 0. The molecule has 1 rings (SSSR count). The van der Waals surface area contributed by atoms with Crippen LogP contribution in [0.1, 0.15) is 36.2 Å². The van der Waals surface area contributed by atoms with E-state index in [1.165, 1.54) is 12.1 Å². The number of aryl methyl sites for hydroxylation is 1. The van der Waals surface area contributed by atoms with E-state index in [1.807, 2.05) is 0 Å². The van der Waals surface area contributed by atoms with Crippen LogP contribution in [-0.2, 0) is 14.8 Å². The number of sulfonamides is 1. The lowest BCUT2D eigenvalue weighted by molar-refractivity contribution is -0.140. The lowest BCUT2D eigenvalue weighted by Crippen LogP contribution is -2.44. The maximum absolute atomic E-state index is 12.3. The van der Waals surface area contributed by atoms with Crippen LogP contribution in [0.4, 0.5) is 0 Å². The molecule has 1 amide bonds. The average Bonchev–Trinajstić information content (AvgIpc) is 2.43. The van der Waals surface area contributed by atoms with Crippen LogP contribution < -0.4 is 10.5 Å². The molecule has 22 heavy (non-hydrogen) atoms. The van der Waals surface area contributed by atoms with E-state index in [4.69, 9.17) is 5.73 Å². The first-order chi connectivity index (χ1) is 10.1. The van der Waals surface area contributed by atoms with Crippen molar-refractivity contribution in [2.75, 3.05) is 0 Å². The van der Waals surface area contributed by atoms with Crippen molar-refractivity contribution in [3.63, 3.8) is 0 Å². The van der Waals surface area contributed by atoms with E-state index >= 15 is 0 Å². The summed E-state index contributed by atoms with van der Waals surface area (Å²) in [7, 11) is -4.07. The molecule has 122 valence electrons. The second-order valence-corrected chi connectivity index (χ2v) is 6.88. The van der Waals surface area contributed by atoms with Crippen molar-refractivity contribution in [2.45, 2.75) is 38.1 Å². The lowest BCUT2D eigenvalue weighted by atomic mass is 10.0. The van der Waals surface area contributed by atoms with Crippen LogP contribution in [0.25, 0.3) is 0 Å². The highest BCUT2D eigenvalue weighted by molar-refractivity contribution is 7.89. The summed E-state index contributed by atoms with van der Waals surface area (Å²) in [4.78, 5) is 22.3. The first kappa shape index (κ1) is 18.1. The Balaban J connectivity index is 3.21. The molecule has 0 aliphatic carbocycles. The van der Waals surface area contributed by atoms with Gasteiger partial charge in [0.2, 0.25) is 15.9 Å². The van der Waals surface area contributed by atoms with Crippen molar-refractivity contribution < 1.29 is 23.1 Å². The summed E-state index contributed by atoms with van der Waals surface area (Å²) in [6.07, 6.45) is 0.500. The van der Waals surface area contributed by atoms with E-state index in [0.29, 0.717) is 12.0 Å². The summed E-state index contributed by atoms with van der Waals surface area (Å²) < 4.78 is 26.8. The van der Waals surface area contributed by atoms with Gasteiger partial charge in [0.15, 0.2) is 0 Å². The Morgan fingerprint density at radius 1 is 1.36 bits per heavy atom. The van der Waals surface area contributed by atoms with Crippen molar-refractivity contribution in [3.05, 3.63) is 29.3 Å². The Labute approximate surface area is 129 Å². The van der Waals surface area contributed by atoms with Crippen LogP contribution in [0.2, 0.25) is 0 Å². The minimum absolute atomic E-state index is 0.0817. The van der Waals surface area contributed by atoms with E-state index in [1.54, 1.807) is 20.8 Å². The van der Waals surface area contributed by atoms with Gasteiger partial charge in [-0.1, -0.05) is 26.3 Å². The molecule has 0 aliphatic rings. The zero-order chi connectivity index (χ0) is 17.1. The number of benzene rings is 1. The van der Waals surface area contributed by atoms with Crippen LogP contribution >= 0.6 is 0 Å². The highest BCUT2D eigenvalue weighted by Crippen LogP contribution is 2.17. The van der Waals surface area contributed by atoms with E-state index in [2.05, 4.69) is 4.72 Å². The molecule has 0 unspecified atom stereocenters. The van der Waals surface area contributed by atoms with Gasteiger partial charge in [-0.3, -0.25) is 9.59 Å². The van der Waals surface area contributed by atoms with Crippen LogP contribution in [0.3, 0.4) is 0 Å². The van der Waals surface area contributed by atoms with Gasteiger partial charge in [-0.05, 0) is 30.5 Å². The topological polar surface area (TPSA) is 127 Å². The number of hydrogen-bond donors (Lipinski definition) is 3. The SMILES string of the molecule is CC[C@H](C)[C@H](NS(=O)(=O)c1ccc(C)c(C(N)=O)c1)C(=O)O. The number of primary amides is 1. The fourth-order valence-corrected chi connectivity index (χ4v) is 3.24. The molecule has 0 saturated heterocycles. The number of amides is 1. The standard InChI is InChI=1S/C14H20N2O5S/c1-4-8(2)12(14(18)19)16-22(20,21)10-6-5-9(3)11(7-10)13(15)17/h5-8,12,16H,4H2,1-3H3,(H2,15,17)(H,18,19)/t8-,12-/m0/s1. The molecule has 2 atom stereocenters. The van der Waals surface area contributed by atoms with Crippen molar-refractivity contribution in [1.29, 1.82) is 0 Å². The molecule has 0 saturated carbocycles. The number of carboxylic acid groups (broad SMARTS) is 1. The largest absolute Gasteiger partial charge is 0.480 e. The molecule has 0 radical (unpaired) electrons.